The maximum Gasteiger partial charge on any atom is 0.353 e. The fourth-order valence-electron chi connectivity index (χ4n) is 2.17. The number of ether oxygens (including phenoxy) is 1. The molecule has 126 valence electrons. The quantitative estimate of drug-likeness (QED) is 0.520. The molecular weight excluding hydrogens is 324 g/mol. The minimum Gasteiger partial charge on any atom is -0.495 e. The van der Waals surface area contributed by atoms with Crippen LogP contribution < -0.4 is 15.4 Å². The maximum absolute atomic E-state index is 11.6. The second-order valence-corrected chi connectivity index (χ2v) is 4.84. The van der Waals surface area contributed by atoms with Gasteiger partial charge in [0.05, 0.1) is 17.7 Å². The number of hydrogen-bond donors (Lipinski definition) is 2. The van der Waals surface area contributed by atoms with Gasteiger partial charge in [0.1, 0.15) is 17.9 Å². The topological polar surface area (TPSA) is 115 Å². The number of methoxy groups -OCH3 is 1. The van der Waals surface area contributed by atoms with Crippen LogP contribution in [0, 0.1) is 10.1 Å². The Kier molecular flexibility index (Phi) is 4.65. The number of benzene rings is 1. The van der Waals surface area contributed by atoms with E-state index < -0.39 is 4.92 Å². The molecule has 2 N–H and O–H groups in total. The number of nitro groups is 1. The number of anilines is 4. The number of pyridine rings is 1. The summed E-state index contributed by atoms with van der Waals surface area (Å²) >= 11 is 0. The van der Waals surface area contributed by atoms with Crippen molar-refractivity contribution in [2.75, 3.05) is 17.7 Å². The first-order valence-electron chi connectivity index (χ1n) is 7.26. The second kappa shape index (κ2) is 7.21. The molecule has 25 heavy (non-hydrogen) atoms. The van der Waals surface area contributed by atoms with Crippen molar-refractivity contribution >= 4 is 28.8 Å². The predicted molar refractivity (Wildman–Crippen MR) is 92.5 cm³/mol. The number of rotatable bonds is 6. The molecule has 2 heterocycles. The Morgan fingerprint density at radius 1 is 1.00 bits per heavy atom. The van der Waals surface area contributed by atoms with Crippen LogP contribution in [0.3, 0.4) is 0 Å². The zero-order valence-corrected chi connectivity index (χ0v) is 13.2. The van der Waals surface area contributed by atoms with Crippen LogP contribution in [-0.4, -0.2) is 27.0 Å². The van der Waals surface area contributed by atoms with Gasteiger partial charge in [-0.25, -0.2) is 15.0 Å². The van der Waals surface area contributed by atoms with Gasteiger partial charge in [0, 0.05) is 6.20 Å². The van der Waals surface area contributed by atoms with E-state index in [2.05, 4.69) is 25.6 Å². The molecule has 9 heteroatoms. The minimum absolute atomic E-state index is 0.0381. The van der Waals surface area contributed by atoms with E-state index in [-0.39, 0.29) is 17.3 Å². The fraction of sp³-hybridized carbons (Fsp3) is 0.0625. The van der Waals surface area contributed by atoms with Gasteiger partial charge in [0.2, 0.25) is 11.6 Å². The molecular formula is C16H14N6O3. The van der Waals surface area contributed by atoms with Crippen LogP contribution in [0.5, 0.6) is 5.75 Å². The van der Waals surface area contributed by atoms with Crippen molar-refractivity contribution in [1.29, 1.82) is 0 Å². The van der Waals surface area contributed by atoms with Gasteiger partial charge in [-0.2, -0.15) is 0 Å². The normalized spacial score (nSPS) is 10.1. The highest BCUT2D eigenvalue weighted by Gasteiger charge is 2.24. The average Bonchev–Trinajstić information content (AvgIpc) is 2.63. The highest BCUT2D eigenvalue weighted by molar-refractivity contribution is 5.77. The third kappa shape index (κ3) is 3.61. The number of nitrogens with one attached hydrogen (secondary N) is 2. The maximum atomic E-state index is 11.6. The molecule has 0 fully saturated rings. The molecule has 3 rings (SSSR count). The van der Waals surface area contributed by atoms with Crippen molar-refractivity contribution in [3.05, 3.63) is 65.1 Å². The Morgan fingerprint density at radius 2 is 1.72 bits per heavy atom. The Hall–Kier alpha value is -3.75. The molecule has 0 spiro atoms. The van der Waals surface area contributed by atoms with Crippen molar-refractivity contribution in [2.45, 2.75) is 0 Å². The summed E-state index contributed by atoms with van der Waals surface area (Å²) in [4.78, 5) is 23.1. The Morgan fingerprint density at radius 3 is 2.40 bits per heavy atom. The molecule has 0 aliphatic heterocycles. The van der Waals surface area contributed by atoms with Crippen molar-refractivity contribution < 1.29 is 9.66 Å². The lowest BCUT2D eigenvalue weighted by atomic mass is 10.3. The van der Waals surface area contributed by atoms with E-state index in [1.165, 1.54) is 13.4 Å². The first-order chi connectivity index (χ1) is 12.2. The number of nitrogens with zero attached hydrogens (tertiary/aromatic N) is 4. The van der Waals surface area contributed by atoms with Gasteiger partial charge in [-0.3, -0.25) is 10.1 Å². The number of para-hydroxylation sites is 2. The molecule has 0 bridgehead atoms. The highest BCUT2D eigenvalue weighted by Crippen LogP contribution is 2.34. The van der Waals surface area contributed by atoms with Crippen LogP contribution in [0.4, 0.5) is 28.8 Å². The number of hydrogen-bond acceptors (Lipinski definition) is 8. The van der Waals surface area contributed by atoms with Gasteiger partial charge >= 0.3 is 5.69 Å². The first-order valence-corrected chi connectivity index (χ1v) is 7.26. The summed E-state index contributed by atoms with van der Waals surface area (Å²) in [5.41, 5.74) is 0.259. The van der Waals surface area contributed by atoms with E-state index in [4.69, 9.17) is 4.74 Å². The Bertz CT molecular complexity index is 888. The second-order valence-electron chi connectivity index (χ2n) is 4.84. The lowest BCUT2D eigenvalue weighted by molar-refractivity contribution is -0.383. The summed E-state index contributed by atoms with van der Waals surface area (Å²) in [5, 5.41) is 17.3. The third-order valence-electron chi connectivity index (χ3n) is 3.28. The molecule has 0 unspecified atom stereocenters. The van der Waals surface area contributed by atoms with E-state index in [1.54, 1.807) is 48.7 Å². The van der Waals surface area contributed by atoms with Crippen molar-refractivity contribution in [2.24, 2.45) is 0 Å². The van der Waals surface area contributed by atoms with Gasteiger partial charge in [-0.15, -0.1) is 0 Å². The summed E-state index contributed by atoms with van der Waals surface area (Å²) in [5.74, 6) is 1.06. The predicted octanol–water partition coefficient (Wildman–Crippen LogP) is 3.28. The standard InChI is InChI=1S/C16H14N6O3/c1-25-12-7-3-2-6-11(12)20-15-14(22(23)24)16(19-10-18-15)21-13-8-4-5-9-17-13/h2-10H,1H3,(H2,17,18,19,20,21). The molecule has 3 aromatic rings. The summed E-state index contributed by atoms with van der Waals surface area (Å²) in [7, 11) is 1.52. The van der Waals surface area contributed by atoms with Crippen molar-refractivity contribution in [1.82, 2.24) is 15.0 Å². The van der Waals surface area contributed by atoms with E-state index in [1.807, 2.05) is 0 Å². The monoisotopic (exact) mass is 338 g/mol. The highest BCUT2D eigenvalue weighted by atomic mass is 16.6. The van der Waals surface area contributed by atoms with Crippen LogP contribution in [-0.2, 0) is 0 Å². The van der Waals surface area contributed by atoms with Crippen LogP contribution >= 0.6 is 0 Å². The molecule has 0 aliphatic carbocycles. The van der Waals surface area contributed by atoms with Crippen LogP contribution in [0.1, 0.15) is 0 Å². The summed E-state index contributed by atoms with van der Waals surface area (Å²) in [6, 6.07) is 12.2. The van der Waals surface area contributed by atoms with Crippen LogP contribution in [0.25, 0.3) is 0 Å². The minimum atomic E-state index is -0.553. The van der Waals surface area contributed by atoms with Gasteiger partial charge in [-0.1, -0.05) is 18.2 Å². The van der Waals surface area contributed by atoms with Crippen molar-refractivity contribution in [3.63, 3.8) is 0 Å². The zero-order valence-electron chi connectivity index (χ0n) is 13.2. The molecule has 0 aliphatic rings. The summed E-state index contributed by atoms with van der Waals surface area (Å²) < 4.78 is 5.24. The van der Waals surface area contributed by atoms with Gasteiger partial charge in [-0.05, 0) is 24.3 Å². The number of aromatic nitrogens is 3. The molecule has 2 aromatic heterocycles. The lowest BCUT2D eigenvalue weighted by Gasteiger charge is -2.12. The molecule has 0 saturated heterocycles. The van der Waals surface area contributed by atoms with Gasteiger partial charge < -0.3 is 15.4 Å². The third-order valence-corrected chi connectivity index (χ3v) is 3.28. The Labute approximate surface area is 142 Å². The largest absolute Gasteiger partial charge is 0.495 e. The molecule has 9 nitrogen and oxygen atoms in total. The zero-order chi connectivity index (χ0) is 17.6. The van der Waals surface area contributed by atoms with Gasteiger partial charge in [0.25, 0.3) is 0 Å². The van der Waals surface area contributed by atoms with Crippen LogP contribution in [0.15, 0.2) is 55.0 Å². The first kappa shape index (κ1) is 16.1. The fourth-order valence-corrected chi connectivity index (χ4v) is 2.17. The average molecular weight is 338 g/mol. The van der Waals surface area contributed by atoms with E-state index >= 15 is 0 Å². The molecule has 0 amide bonds. The smallest absolute Gasteiger partial charge is 0.353 e. The van der Waals surface area contributed by atoms with E-state index in [0.29, 0.717) is 17.3 Å². The summed E-state index contributed by atoms with van der Waals surface area (Å²) in [6.07, 6.45) is 2.80. The molecule has 0 saturated carbocycles. The molecule has 0 atom stereocenters. The van der Waals surface area contributed by atoms with E-state index in [0.717, 1.165) is 0 Å². The van der Waals surface area contributed by atoms with Gasteiger partial charge in [0.15, 0.2) is 0 Å². The van der Waals surface area contributed by atoms with Crippen LogP contribution in [0.2, 0.25) is 0 Å². The summed E-state index contributed by atoms with van der Waals surface area (Å²) in [6.45, 7) is 0. The van der Waals surface area contributed by atoms with Crippen molar-refractivity contribution in [3.8, 4) is 5.75 Å². The van der Waals surface area contributed by atoms with E-state index in [9.17, 15) is 10.1 Å². The molecule has 0 radical (unpaired) electrons. The Balaban J connectivity index is 1.99. The molecule has 1 aromatic carbocycles. The SMILES string of the molecule is COc1ccccc1Nc1ncnc(Nc2ccccn2)c1[N+](=O)[O-]. The lowest BCUT2D eigenvalue weighted by Crippen LogP contribution is -2.06.